The highest BCUT2D eigenvalue weighted by molar-refractivity contribution is 6.11. The van der Waals surface area contributed by atoms with Crippen LogP contribution in [0.1, 0.15) is 12.0 Å². The van der Waals surface area contributed by atoms with E-state index in [0.717, 1.165) is 57.4 Å². The summed E-state index contributed by atoms with van der Waals surface area (Å²) in [6, 6.07) is 97.3. The number of aryl methyl sites for hydroxylation is 1. The van der Waals surface area contributed by atoms with Crippen molar-refractivity contribution in [3.05, 3.63) is 309 Å². The number of aromatic nitrogens is 2. The van der Waals surface area contributed by atoms with Crippen LogP contribution in [0.25, 0.3) is 88.4 Å². The Balaban J connectivity index is 0.820. The standard InChI is InChI=1S/C74H54N4/c1-52-18-12-15-27-70(52)76(59-19-6-2-3-7-20-59)65-46-32-54(33-47-65)53-30-40-62(41-31-53)75(63-42-34-55(35-43-63)57-38-48-73-68(50-57)66-25-13-16-28-71(66)77(73)60-21-8-4-9-22-60)64-44-36-56(37-45-64)58-39-49-74-69(51-58)67-26-14-17-29-72(67)78(74)61-23-10-5-11-24-61/h2,4-51H,3H2,1H3. The molecule has 0 atom stereocenters. The lowest BCUT2D eigenvalue weighted by Crippen LogP contribution is -2.16. The molecule has 0 fully saturated rings. The average molecular weight is 999 g/mol. The molecule has 370 valence electrons. The van der Waals surface area contributed by atoms with Crippen molar-refractivity contribution >= 4 is 72.0 Å². The maximum Gasteiger partial charge on any atom is 0.0541 e. The lowest BCUT2D eigenvalue weighted by Gasteiger charge is -2.28. The maximum atomic E-state index is 2.37. The van der Waals surface area contributed by atoms with Gasteiger partial charge in [0.05, 0.1) is 22.1 Å². The molecule has 0 aliphatic heterocycles. The zero-order valence-corrected chi connectivity index (χ0v) is 43.3. The largest absolute Gasteiger partial charge is 0.311 e. The van der Waals surface area contributed by atoms with Crippen LogP contribution in [0.5, 0.6) is 0 Å². The molecule has 0 spiro atoms. The quantitative estimate of drug-likeness (QED) is 0.128. The highest BCUT2D eigenvalue weighted by atomic mass is 15.2. The summed E-state index contributed by atoms with van der Waals surface area (Å²) in [6.07, 6.45) is 11.9. The van der Waals surface area contributed by atoms with Crippen molar-refractivity contribution in [2.24, 2.45) is 0 Å². The average Bonchev–Trinajstić information content (AvgIpc) is 4.14. The van der Waals surface area contributed by atoms with Crippen LogP contribution in [-0.2, 0) is 0 Å². The summed E-state index contributed by atoms with van der Waals surface area (Å²) in [4.78, 5) is 4.73. The van der Waals surface area contributed by atoms with Gasteiger partial charge in [0.25, 0.3) is 0 Å². The summed E-state index contributed by atoms with van der Waals surface area (Å²) >= 11 is 0. The minimum atomic E-state index is 0.921. The lowest BCUT2D eigenvalue weighted by molar-refractivity contribution is 1.18. The van der Waals surface area contributed by atoms with Crippen molar-refractivity contribution in [3.8, 4) is 44.8 Å². The van der Waals surface area contributed by atoms with Crippen LogP contribution < -0.4 is 9.80 Å². The number of fused-ring (bicyclic) bond motifs is 6. The third-order valence-electron chi connectivity index (χ3n) is 15.5. The van der Waals surface area contributed by atoms with Gasteiger partial charge in [-0.15, -0.1) is 0 Å². The molecule has 1 aliphatic rings. The Labute approximate surface area is 455 Å². The Morgan fingerprint density at radius 3 is 1.18 bits per heavy atom. The number of hydrogen-bond acceptors (Lipinski definition) is 2. The number of anilines is 5. The topological polar surface area (TPSA) is 16.3 Å². The van der Waals surface area contributed by atoms with Crippen LogP contribution in [0.15, 0.2) is 303 Å². The van der Waals surface area contributed by atoms with Crippen LogP contribution in [0.4, 0.5) is 28.4 Å². The first-order valence-corrected chi connectivity index (χ1v) is 26.9. The third-order valence-corrected chi connectivity index (χ3v) is 15.5. The van der Waals surface area contributed by atoms with E-state index >= 15 is 0 Å². The second kappa shape index (κ2) is 19.8. The van der Waals surface area contributed by atoms with E-state index in [1.165, 1.54) is 77.1 Å². The normalized spacial score (nSPS) is 12.3. The van der Waals surface area contributed by atoms with Crippen LogP contribution in [0.2, 0.25) is 0 Å². The molecule has 4 nitrogen and oxygen atoms in total. The van der Waals surface area contributed by atoms with E-state index in [9.17, 15) is 0 Å². The van der Waals surface area contributed by atoms with Crippen molar-refractivity contribution in [2.45, 2.75) is 13.3 Å². The highest BCUT2D eigenvalue weighted by Gasteiger charge is 2.19. The van der Waals surface area contributed by atoms with Gasteiger partial charge in [-0.05, 0) is 180 Å². The van der Waals surface area contributed by atoms with Crippen LogP contribution in [-0.4, -0.2) is 9.13 Å². The van der Waals surface area contributed by atoms with Gasteiger partial charge >= 0.3 is 0 Å². The number of rotatable bonds is 11. The minimum absolute atomic E-state index is 0.921. The Kier molecular flexibility index (Phi) is 11.8. The van der Waals surface area contributed by atoms with Crippen molar-refractivity contribution in [3.63, 3.8) is 0 Å². The molecule has 0 radical (unpaired) electrons. The van der Waals surface area contributed by atoms with Gasteiger partial charge in [-0.2, -0.15) is 0 Å². The lowest BCUT2D eigenvalue weighted by atomic mass is 10.0. The van der Waals surface area contributed by atoms with E-state index in [4.69, 9.17) is 0 Å². The Morgan fingerprint density at radius 2 is 0.705 bits per heavy atom. The summed E-state index contributed by atoms with van der Waals surface area (Å²) in [5.41, 5.74) is 22.0. The smallest absolute Gasteiger partial charge is 0.0541 e. The number of para-hydroxylation sites is 5. The van der Waals surface area contributed by atoms with Crippen LogP contribution in [0, 0.1) is 6.92 Å². The molecule has 0 saturated carbocycles. The summed E-state index contributed by atoms with van der Waals surface area (Å²) in [5.74, 6) is 0. The first kappa shape index (κ1) is 46.4. The predicted molar refractivity (Wildman–Crippen MR) is 330 cm³/mol. The molecule has 0 saturated heterocycles. The van der Waals surface area contributed by atoms with E-state index in [2.05, 4.69) is 323 Å². The Hall–Kier alpha value is -10.2. The monoisotopic (exact) mass is 998 g/mol. The van der Waals surface area contributed by atoms with Gasteiger partial charge in [-0.1, -0.05) is 170 Å². The van der Waals surface area contributed by atoms with E-state index < -0.39 is 0 Å². The number of allylic oxidation sites excluding steroid dienone is 5. The van der Waals surface area contributed by atoms with Crippen molar-refractivity contribution < 1.29 is 0 Å². The second-order valence-corrected chi connectivity index (χ2v) is 20.1. The van der Waals surface area contributed by atoms with Gasteiger partial charge < -0.3 is 18.9 Å². The fourth-order valence-electron chi connectivity index (χ4n) is 11.6. The van der Waals surface area contributed by atoms with Gasteiger partial charge in [-0.3, -0.25) is 0 Å². The minimum Gasteiger partial charge on any atom is -0.311 e. The molecular formula is C74H54N4. The Bertz CT molecular complexity index is 4220. The predicted octanol–water partition coefficient (Wildman–Crippen LogP) is 20.2. The molecule has 78 heavy (non-hydrogen) atoms. The number of benzene rings is 11. The van der Waals surface area contributed by atoms with Gasteiger partial charge in [0, 0.05) is 67.1 Å². The van der Waals surface area contributed by atoms with Crippen molar-refractivity contribution in [2.75, 3.05) is 9.80 Å². The second-order valence-electron chi connectivity index (χ2n) is 20.1. The Morgan fingerprint density at radius 1 is 0.321 bits per heavy atom. The molecule has 11 aromatic carbocycles. The maximum absolute atomic E-state index is 2.37. The van der Waals surface area contributed by atoms with E-state index in [0.29, 0.717) is 0 Å². The zero-order valence-electron chi connectivity index (χ0n) is 43.3. The molecule has 0 bridgehead atoms. The first-order valence-electron chi connectivity index (χ1n) is 26.9. The van der Waals surface area contributed by atoms with E-state index in [1.807, 2.05) is 0 Å². The molecular weight excluding hydrogens is 945 g/mol. The molecule has 13 aromatic rings. The molecule has 0 N–H and O–H groups in total. The molecule has 2 aromatic heterocycles. The fraction of sp³-hybridized carbons (Fsp3) is 0.0270. The van der Waals surface area contributed by atoms with Crippen LogP contribution >= 0.6 is 0 Å². The molecule has 0 unspecified atom stereocenters. The number of nitrogens with zero attached hydrogens (tertiary/aromatic N) is 4. The molecule has 14 rings (SSSR count). The molecule has 2 heterocycles. The van der Waals surface area contributed by atoms with E-state index in [1.54, 1.807) is 0 Å². The van der Waals surface area contributed by atoms with Gasteiger partial charge in [0.1, 0.15) is 0 Å². The van der Waals surface area contributed by atoms with Gasteiger partial charge in [0.15, 0.2) is 0 Å². The number of hydrogen-bond donors (Lipinski definition) is 0. The highest BCUT2D eigenvalue weighted by Crippen LogP contribution is 2.42. The van der Waals surface area contributed by atoms with Crippen molar-refractivity contribution in [1.82, 2.24) is 9.13 Å². The summed E-state index contributed by atoms with van der Waals surface area (Å²) in [5, 5.41) is 4.97. The van der Waals surface area contributed by atoms with Gasteiger partial charge in [0.2, 0.25) is 0 Å². The first-order chi connectivity index (χ1) is 38.6. The SMILES string of the molecule is Cc1ccccc1N(C1=CC=CCC=C1)c1ccc(-c2ccc(N(c3ccc(-c4ccc5c(c4)c4ccccc4n5-c4ccccc4)cc3)c3ccc(-c4ccc5c(c4)c4ccccc4n5-c4ccccc4)cc3)cc2)cc1. The summed E-state index contributed by atoms with van der Waals surface area (Å²) in [6.45, 7) is 2.18. The molecule has 4 heteroatoms. The zero-order chi connectivity index (χ0) is 51.9. The van der Waals surface area contributed by atoms with Gasteiger partial charge in [-0.25, -0.2) is 0 Å². The van der Waals surface area contributed by atoms with Crippen LogP contribution in [0.3, 0.4) is 0 Å². The molecule has 0 amide bonds. The van der Waals surface area contributed by atoms with Crippen molar-refractivity contribution in [1.29, 1.82) is 0 Å². The molecule has 1 aliphatic carbocycles. The summed E-state index contributed by atoms with van der Waals surface area (Å²) < 4.78 is 4.74. The fourth-order valence-corrected chi connectivity index (χ4v) is 11.6. The third kappa shape index (κ3) is 8.37. The van der Waals surface area contributed by atoms with E-state index in [-0.39, 0.29) is 0 Å². The summed E-state index contributed by atoms with van der Waals surface area (Å²) in [7, 11) is 0.